The van der Waals surface area contributed by atoms with Gasteiger partial charge < -0.3 is 9.88 Å². The van der Waals surface area contributed by atoms with Crippen LogP contribution < -0.4 is 5.32 Å². The fourth-order valence-corrected chi connectivity index (χ4v) is 2.13. The van der Waals surface area contributed by atoms with E-state index in [2.05, 4.69) is 45.3 Å². The van der Waals surface area contributed by atoms with Crippen molar-refractivity contribution in [1.29, 1.82) is 0 Å². The second kappa shape index (κ2) is 5.93. The molecular weight excluding hydrogens is 232 g/mol. The number of aromatic nitrogens is 3. The van der Waals surface area contributed by atoms with Crippen LogP contribution in [0.2, 0.25) is 0 Å². The Morgan fingerprint density at radius 1 is 1.35 bits per heavy atom. The first-order valence-corrected chi connectivity index (χ1v) is 6.79. The van der Waals surface area contributed by atoms with Crippen molar-refractivity contribution in [2.45, 2.75) is 39.4 Å². The zero-order chi connectivity index (χ0) is 12.1. The monoisotopic (exact) mass is 250 g/mol. The summed E-state index contributed by atoms with van der Waals surface area (Å²) in [5, 5.41) is 5.45. The maximum atomic E-state index is 4.37. The molecule has 5 heteroatoms. The van der Waals surface area contributed by atoms with Gasteiger partial charge in [-0.05, 0) is 0 Å². The van der Waals surface area contributed by atoms with Gasteiger partial charge in [-0.1, -0.05) is 13.8 Å². The first kappa shape index (κ1) is 12.3. The molecule has 17 heavy (non-hydrogen) atoms. The van der Waals surface area contributed by atoms with Crippen molar-refractivity contribution in [3.63, 3.8) is 0 Å². The van der Waals surface area contributed by atoms with Crippen LogP contribution in [0.25, 0.3) is 0 Å². The standard InChI is InChI=1S/C12H18N4S/c1-10(2)13-5-12-6-16(8-14-12)4-3-11-7-17-9-15-11/h6-10,13H,3-5H2,1-2H3. The summed E-state index contributed by atoms with van der Waals surface area (Å²) >= 11 is 1.65. The maximum absolute atomic E-state index is 4.37. The number of hydrogen-bond donors (Lipinski definition) is 1. The van der Waals surface area contributed by atoms with E-state index >= 15 is 0 Å². The number of thiazole rings is 1. The summed E-state index contributed by atoms with van der Waals surface area (Å²) in [5.74, 6) is 0. The van der Waals surface area contributed by atoms with E-state index < -0.39 is 0 Å². The van der Waals surface area contributed by atoms with Crippen molar-refractivity contribution in [1.82, 2.24) is 19.9 Å². The molecule has 92 valence electrons. The predicted molar refractivity (Wildman–Crippen MR) is 70.0 cm³/mol. The molecule has 0 aliphatic heterocycles. The van der Waals surface area contributed by atoms with E-state index in [9.17, 15) is 0 Å². The molecule has 2 aromatic rings. The van der Waals surface area contributed by atoms with Crippen molar-refractivity contribution in [2.75, 3.05) is 0 Å². The van der Waals surface area contributed by atoms with Crippen molar-refractivity contribution in [3.05, 3.63) is 34.8 Å². The second-order valence-corrected chi connectivity index (χ2v) is 5.09. The van der Waals surface area contributed by atoms with Crippen LogP contribution in [0, 0.1) is 0 Å². The van der Waals surface area contributed by atoms with Gasteiger partial charge in [-0.15, -0.1) is 11.3 Å². The molecular formula is C12H18N4S. The molecule has 0 radical (unpaired) electrons. The highest BCUT2D eigenvalue weighted by Crippen LogP contribution is 2.04. The molecule has 2 heterocycles. The third kappa shape index (κ3) is 3.94. The zero-order valence-electron chi connectivity index (χ0n) is 10.3. The highest BCUT2D eigenvalue weighted by molar-refractivity contribution is 7.07. The number of imidazole rings is 1. The van der Waals surface area contributed by atoms with Crippen molar-refractivity contribution in [3.8, 4) is 0 Å². The molecule has 2 rings (SSSR count). The Hall–Kier alpha value is -1.20. The van der Waals surface area contributed by atoms with E-state index in [0.717, 1.165) is 30.9 Å². The smallest absolute Gasteiger partial charge is 0.0950 e. The third-order valence-corrected chi connectivity index (χ3v) is 3.12. The molecule has 0 saturated heterocycles. The first-order valence-electron chi connectivity index (χ1n) is 5.85. The SMILES string of the molecule is CC(C)NCc1cn(CCc2cscn2)cn1. The number of aryl methyl sites for hydroxylation is 2. The Morgan fingerprint density at radius 3 is 2.94 bits per heavy atom. The second-order valence-electron chi connectivity index (χ2n) is 4.37. The average molecular weight is 250 g/mol. The van der Waals surface area contributed by atoms with Crippen LogP contribution in [-0.4, -0.2) is 20.6 Å². The van der Waals surface area contributed by atoms with Crippen LogP contribution in [0.5, 0.6) is 0 Å². The summed E-state index contributed by atoms with van der Waals surface area (Å²) in [6, 6.07) is 0.496. The molecule has 0 unspecified atom stereocenters. The minimum absolute atomic E-state index is 0.496. The van der Waals surface area contributed by atoms with Gasteiger partial charge in [-0.25, -0.2) is 9.97 Å². The van der Waals surface area contributed by atoms with Crippen LogP contribution >= 0.6 is 11.3 Å². The van der Waals surface area contributed by atoms with E-state index in [-0.39, 0.29) is 0 Å². The number of hydrogen-bond acceptors (Lipinski definition) is 4. The lowest BCUT2D eigenvalue weighted by Crippen LogP contribution is -2.21. The topological polar surface area (TPSA) is 42.7 Å². The number of nitrogens with zero attached hydrogens (tertiary/aromatic N) is 3. The maximum Gasteiger partial charge on any atom is 0.0950 e. The summed E-state index contributed by atoms with van der Waals surface area (Å²) in [4.78, 5) is 8.64. The average Bonchev–Trinajstić information content (AvgIpc) is 2.95. The van der Waals surface area contributed by atoms with Gasteiger partial charge in [0.2, 0.25) is 0 Å². The third-order valence-electron chi connectivity index (χ3n) is 2.49. The normalized spacial score (nSPS) is 11.2. The van der Waals surface area contributed by atoms with Gasteiger partial charge in [0, 0.05) is 37.1 Å². The van der Waals surface area contributed by atoms with Crippen molar-refractivity contribution in [2.24, 2.45) is 0 Å². The largest absolute Gasteiger partial charge is 0.337 e. The van der Waals surface area contributed by atoms with Gasteiger partial charge in [-0.3, -0.25) is 0 Å². The van der Waals surface area contributed by atoms with Crippen molar-refractivity contribution < 1.29 is 0 Å². The molecule has 0 amide bonds. The van der Waals surface area contributed by atoms with E-state index in [1.807, 2.05) is 11.8 Å². The lowest BCUT2D eigenvalue weighted by Gasteiger charge is -2.04. The molecule has 4 nitrogen and oxygen atoms in total. The van der Waals surface area contributed by atoms with Crippen LogP contribution in [0.3, 0.4) is 0 Å². The highest BCUT2D eigenvalue weighted by Gasteiger charge is 2.01. The minimum Gasteiger partial charge on any atom is -0.337 e. The van der Waals surface area contributed by atoms with Gasteiger partial charge in [0.15, 0.2) is 0 Å². The molecule has 0 aliphatic rings. The van der Waals surface area contributed by atoms with E-state index in [1.54, 1.807) is 11.3 Å². The Bertz CT molecular complexity index is 433. The zero-order valence-corrected chi connectivity index (χ0v) is 11.1. The predicted octanol–water partition coefficient (Wildman–Crippen LogP) is 2.08. The Morgan fingerprint density at radius 2 is 2.24 bits per heavy atom. The van der Waals surface area contributed by atoms with Crippen molar-refractivity contribution >= 4 is 11.3 Å². The summed E-state index contributed by atoms with van der Waals surface area (Å²) < 4.78 is 2.12. The van der Waals surface area contributed by atoms with Gasteiger partial charge >= 0.3 is 0 Å². The van der Waals surface area contributed by atoms with Crippen LogP contribution in [0.15, 0.2) is 23.4 Å². The lowest BCUT2D eigenvalue weighted by molar-refractivity contribution is 0.582. The van der Waals surface area contributed by atoms with Crippen LogP contribution in [0.1, 0.15) is 25.2 Å². The summed E-state index contributed by atoms with van der Waals surface area (Å²) in [6.07, 6.45) is 4.96. The molecule has 0 bridgehead atoms. The number of rotatable bonds is 6. The fraction of sp³-hybridized carbons (Fsp3) is 0.500. The molecule has 0 saturated carbocycles. The van der Waals surface area contributed by atoms with Gasteiger partial charge in [-0.2, -0.15) is 0 Å². The number of nitrogens with one attached hydrogen (secondary N) is 1. The molecule has 1 N–H and O–H groups in total. The molecule has 0 fully saturated rings. The fourth-order valence-electron chi connectivity index (χ4n) is 1.53. The molecule has 0 aliphatic carbocycles. The summed E-state index contributed by atoms with van der Waals surface area (Å²) in [7, 11) is 0. The van der Waals surface area contributed by atoms with E-state index in [4.69, 9.17) is 0 Å². The summed E-state index contributed by atoms with van der Waals surface area (Å²) in [6.45, 7) is 6.05. The Labute approximate surface area is 106 Å². The molecule has 0 atom stereocenters. The molecule has 0 aromatic carbocycles. The molecule has 0 spiro atoms. The quantitative estimate of drug-likeness (QED) is 0.853. The van der Waals surface area contributed by atoms with Gasteiger partial charge in [0.05, 0.1) is 23.2 Å². The minimum atomic E-state index is 0.496. The van der Waals surface area contributed by atoms with Crippen LogP contribution in [0.4, 0.5) is 0 Å². The van der Waals surface area contributed by atoms with Crippen LogP contribution in [-0.2, 0) is 19.5 Å². The van der Waals surface area contributed by atoms with Gasteiger partial charge in [0.1, 0.15) is 0 Å². The van der Waals surface area contributed by atoms with E-state index in [1.165, 1.54) is 0 Å². The van der Waals surface area contributed by atoms with Gasteiger partial charge in [0.25, 0.3) is 0 Å². The first-order chi connectivity index (χ1) is 8.24. The molecule has 2 aromatic heterocycles. The Balaban J connectivity index is 1.81. The van der Waals surface area contributed by atoms with E-state index in [0.29, 0.717) is 6.04 Å². The Kier molecular flexibility index (Phi) is 4.28. The highest BCUT2D eigenvalue weighted by atomic mass is 32.1. The lowest BCUT2D eigenvalue weighted by atomic mass is 10.3. The summed E-state index contributed by atoms with van der Waals surface area (Å²) in [5.41, 5.74) is 4.13.